The molecule has 0 spiro atoms. The monoisotopic (exact) mass is 374 g/mol. The van der Waals surface area contributed by atoms with Crippen molar-refractivity contribution in [2.75, 3.05) is 13.1 Å². The van der Waals surface area contributed by atoms with Crippen LogP contribution in [0.5, 0.6) is 0 Å². The Balaban J connectivity index is 1.77. The van der Waals surface area contributed by atoms with Gasteiger partial charge in [-0.1, -0.05) is 19.9 Å². The van der Waals surface area contributed by atoms with Gasteiger partial charge in [0, 0.05) is 34.4 Å². The van der Waals surface area contributed by atoms with Crippen LogP contribution in [0.3, 0.4) is 0 Å². The molecule has 0 saturated carbocycles. The van der Waals surface area contributed by atoms with Gasteiger partial charge in [0.25, 0.3) is 11.8 Å². The molecule has 4 nitrogen and oxygen atoms in total. The molecule has 0 aliphatic carbocycles. The lowest BCUT2D eigenvalue weighted by Crippen LogP contribution is -2.34. The van der Waals surface area contributed by atoms with Gasteiger partial charge >= 0.3 is 0 Å². The molecule has 0 radical (unpaired) electrons. The van der Waals surface area contributed by atoms with Gasteiger partial charge in [0.2, 0.25) is 0 Å². The highest BCUT2D eigenvalue weighted by molar-refractivity contribution is 7.99. The van der Waals surface area contributed by atoms with Gasteiger partial charge in [-0.15, -0.1) is 11.8 Å². The normalized spacial score (nSPS) is 10.7. The lowest BCUT2D eigenvalue weighted by Gasteiger charge is -2.09. The van der Waals surface area contributed by atoms with Crippen LogP contribution in [0.2, 0.25) is 0 Å². The molecule has 0 unspecified atom stereocenters. The molecule has 0 fully saturated rings. The van der Waals surface area contributed by atoms with E-state index < -0.39 is 5.82 Å². The van der Waals surface area contributed by atoms with Gasteiger partial charge in [-0.3, -0.25) is 9.59 Å². The highest BCUT2D eigenvalue weighted by Gasteiger charge is 2.09. The largest absolute Gasteiger partial charge is 0.350 e. The fourth-order valence-electron chi connectivity index (χ4n) is 2.25. The topological polar surface area (TPSA) is 58.2 Å². The van der Waals surface area contributed by atoms with Crippen molar-refractivity contribution in [3.8, 4) is 0 Å². The van der Waals surface area contributed by atoms with Gasteiger partial charge < -0.3 is 10.6 Å². The van der Waals surface area contributed by atoms with Crippen LogP contribution in [0.4, 0.5) is 4.39 Å². The van der Waals surface area contributed by atoms with Crippen molar-refractivity contribution in [3.05, 3.63) is 65.0 Å². The Morgan fingerprint density at radius 1 is 0.962 bits per heavy atom. The highest BCUT2D eigenvalue weighted by atomic mass is 32.2. The van der Waals surface area contributed by atoms with E-state index in [0.29, 0.717) is 22.9 Å². The molecular formula is C20H23FN2O2S. The van der Waals surface area contributed by atoms with Gasteiger partial charge in [0.1, 0.15) is 5.82 Å². The lowest BCUT2D eigenvalue weighted by atomic mass is 10.1. The number of hydrogen-bond acceptors (Lipinski definition) is 3. The summed E-state index contributed by atoms with van der Waals surface area (Å²) in [5, 5.41) is 5.90. The Labute approximate surface area is 157 Å². The summed E-state index contributed by atoms with van der Waals surface area (Å²) in [5.74, 6) is -0.972. The standard InChI is InChI=1S/C20H23FN2O2S/c1-13(2)26-17-8-6-15(7-9-17)19(24)22-10-11-23-20(25)16-5-4-14(3)18(21)12-16/h4-9,12-13H,10-11H2,1-3H3,(H,22,24)(H,23,25). The van der Waals surface area contributed by atoms with Crippen molar-refractivity contribution in [2.24, 2.45) is 0 Å². The van der Waals surface area contributed by atoms with E-state index in [1.165, 1.54) is 6.07 Å². The zero-order chi connectivity index (χ0) is 19.1. The molecule has 0 aliphatic rings. The molecule has 2 amide bonds. The first kappa shape index (κ1) is 20.0. The van der Waals surface area contributed by atoms with E-state index in [9.17, 15) is 14.0 Å². The van der Waals surface area contributed by atoms with Crippen LogP contribution in [0, 0.1) is 12.7 Å². The van der Waals surface area contributed by atoms with Crippen LogP contribution in [0.25, 0.3) is 0 Å². The maximum Gasteiger partial charge on any atom is 0.251 e. The van der Waals surface area contributed by atoms with Crippen molar-refractivity contribution in [1.82, 2.24) is 10.6 Å². The van der Waals surface area contributed by atoms with Crippen LogP contribution in [0.1, 0.15) is 40.1 Å². The van der Waals surface area contributed by atoms with E-state index in [0.717, 1.165) is 4.90 Å². The Kier molecular flexibility index (Phi) is 7.21. The molecule has 138 valence electrons. The number of carbonyl (C=O) groups is 2. The van der Waals surface area contributed by atoms with Gasteiger partial charge in [0.15, 0.2) is 0 Å². The number of aryl methyl sites for hydroxylation is 1. The molecule has 0 saturated heterocycles. The van der Waals surface area contributed by atoms with Crippen LogP contribution in [0.15, 0.2) is 47.4 Å². The van der Waals surface area contributed by atoms with E-state index >= 15 is 0 Å². The molecule has 0 bridgehead atoms. The summed E-state index contributed by atoms with van der Waals surface area (Å²) in [6, 6.07) is 11.8. The van der Waals surface area contributed by atoms with Gasteiger partial charge in [-0.05, 0) is 48.9 Å². The molecule has 6 heteroatoms. The van der Waals surface area contributed by atoms with Crippen molar-refractivity contribution in [3.63, 3.8) is 0 Å². The minimum atomic E-state index is -0.412. The lowest BCUT2D eigenvalue weighted by molar-refractivity contribution is 0.0927. The summed E-state index contributed by atoms with van der Waals surface area (Å²) in [6.45, 7) is 6.43. The maximum atomic E-state index is 13.5. The number of amides is 2. The third-order valence-electron chi connectivity index (χ3n) is 3.62. The molecule has 2 rings (SSSR count). The predicted molar refractivity (Wildman–Crippen MR) is 103 cm³/mol. The third kappa shape index (κ3) is 5.88. The molecule has 0 aromatic heterocycles. The van der Waals surface area contributed by atoms with Crippen LogP contribution in [-0.4, -0.2) is 30.2 Å². The molecule has 0 heterocycles. The smallest absolute Gasteiger partial charge is 0.251 e. The molecule has 26 heavy (non-hydrogen) atoms. The average molecular weight is 374 g/mol. The second kappa shape index (κ2) is 9.38. The summed E-state index contributed by atoms with van der Waals surface area (Å²) >= 11 is 1.74. The maximum absolute atomic E-state index is 13.5. The van der Waals surface area contributed by atoms with Crippen LogP contribution < -0.4 is 10.6 Å². The predicted octanol–water partition coefficient (Wildman–Crippen LogP) is 3.79. The van der Waals surface area contributed by atoms with Crippen molar-refractivity contribution in [2.45, 2.75) is 30.9 Å². The Hall–Kier alpha value is -2.34. The second-order valence-corrected chi connectivity index (χ2v) is 7.82. The van der Waals surface area contributed by atoms with E-state index in [1.807, 2.05) is 12.1 Å². The summed E-state index contributed by atoms with van der Waals surface area (Å²) in [5.41, 5.74) is 1.33. The van der Waals surface area contributed by atoms with Crippen LogP contribution >= 0.6 is 11.8 Å². The number of carbonyl (C=O) groups excluding carboxylic acids is 2. The minimum absolute atomic E-state index is 0.193. The Morgan fingerprint density at radius 2 is 1.50 bits per heavy atom. The highest BCUT2D eigenvalue weighted by Crippen LogP contribution is 2.22. The Morgan fingerprint density at radius 3 is 2.04 bits per heavy atom. The molecule has 2 aromatic rings. The average Bonchev–Trinajstić information content (AvgIpc) is 2.60. The summed E-state index contributed by atoms with van der Waals surface area (Å²) < 4.78 is 13.5. The number of halogens is 1. The zero-order valence-corrected chi connectivity index (χ0v) is 16.0. The fourth-order valence-corrected chi connectivity index (χ4v) is 3.08. The first-order chi connectivity index (χ1) is 12.4. The van der Waals surface area contributed by atoms with Gasteiger partial charge in [0.05, 0.1) is 0 Å². The van der Waals surface area contributed by atoms with Gasteiger partial charge in [-0.25, -0.2) is 4.39 Å². The summed E-state index contributed by atoms with van der Waals surface area (Å²) in [6.07, 6.45) is 0. The number of nitrogens with one attached hydrogen (secondary N) is 2. The molecule has 0 atom stereocenters. The molecule has 2 N–H and O–H groups in total. The van der Waals surface area contributed by atoms with Gasteiger partial charge in [-0.2, -0.15) is 0 Å². The number of thioether (sulfide) groups is 1. The van der Waals surface area contributed by atoms with E-state index in [-0.39, 0.29) is 23.9 Å². The number of hydrogen-bond donors (Lipinski definition) is 2. The molecular weight excluding hydrogens is 351 g/mol. The summed E-state index contributed by atoms with van der Waals surface area (Å²) in [4.78, 5) is 25.2. The SMILES string of the molecule is Cc1ccc(C(=O)NCCNC(=O)c2ccc(SC(C)C)cc2)cc1F. The number of benzene rings is 2. The first-order valence-corrected chi connectivity index (χ1v) is 9.34. The van der Waals surface area contributed by atoms with E-state index in [2.05, 4.69) is 24.5 Å². The minimum Gasteiger partial charge on any atom is -0.350 e. The van der Waals surface area contributed by atoms with Crippen molar-refractivity contribution < 1.29 is 14.0 Å². The second-order valence-electron chi connectivity index (χ2n) is 6.17. The first-order valence-electron chi connectivity index (χ1n) is 8.46. The Bertz CT molecular complexity index is 776. The van der Waals surface area contributed by atoms with Crippen molar-refractivity contribution >= 4 is 23.6 Å². The fraction of sp³-hybridized carbons (Fsp3) is 0.300. The molecule has 0 aliphatic heterocycles. The third-order valence-corrected chi connectivity index (χ3v) is 4.63. The number of rotatable bonds is 7. The summed E-state index contributed by atoms with van der Waals surface area (Å²) in [7, 11) is 0. The van der Waals surface area contributed by atoms with E-state index in [1.54, 1.807) is 43.0 Å². The van der Waals surface area contributed by atoms with Crippen LogP contribution in [-0.2, 0) is 0 Å². The van der Waals surface area contributed by atoms with Crippen molar-refractivity contribution in [1.29, 1.82) is 0 Å². The quantitative estimate of drug-likeness (QED) is 0.573. The molecule has 2 aromatic carbocycles. The zero-order valence-electron chi connectivity index (χ0n) is 15.1. The van der Waals surface area contributed by atoms with E-state index in [4.69, 9.17) is 0 Å².